The van der Waals surface area contributed by atoms with Crippen molar-refractivity contribution < 1.29 is 0 Å². The molecule has 0 bridgehead atoms. The molecule has 1 fully saturated rings. The van der Waals surface area contributed by atoms with E-state index >= 15 is 0 Å². The summed E-state index contributed by atoms with van der Waals surface area (Å²) in [5.74, 6) is 0. The van der Waals surface area contributed by atoms with Crippen molar-refractivity contribution in [2.45, 2.75) is 25.9 Å². The van der Waals surface area contributed by atoms with E-state index in [4.69, 9.17) is 5.73 Å². The first-order chi connectivity index (χ1) is 8.72. The first-order valence-electron chi connectivity index (χ1n) is 6.84. The molecule has 2 atom stereocenters. The first-order valence-corrected chi connectivity index (χ1v) is 6.84. The third-order valence-electron chi connectivity index (χ3n) is 3.79. The maximum atomic E-state index is 6.19. The molecule has 2 N–H and O–H groups in total. The minimum absolute atomic E-state index is 0.139. The van der Waals surface area contributed by atoms with Gasteiger partial charge in [0.1, 0.15) is 0 Å². The van der Waals surface area contributed by atoms with Gasteiger partial charge in [-0.25, -0.2) is 0 Å². The molecule has 4 nitrogen and oxygen atoms in total. The van der Waals surface area contributed by atoms with Gasteiger partial charge >= 0.3 is 0 Å². The van der Waals surface area contributed by atoms with Crippen molar-refractivity contribution >= 4 is 0 Å². The van der Waals surface area contributed by atoms with Gasteiger partial charge in [-0.3, -0.25) is 9.88 Å². The second-order valence-electron chi connectivity index (χ2n) is 5.05. The van der Waals surface area contributed by atoms with Gasteiger partial charge in [0.2, 0.25) is 0 Å². The average molecular weight is 248 g/mol. The molecule has 2 heterocycles. The van der Waals surface area contributed by atoms with Gasteiger partial charge in [0.25, 0.3) is 0 Å². The molecule has 1 aromatic heterocycles. The van der Waals surface area contributed by atoms with Crippen LogP contribution in [0.2, 0.25) is 0 Å². The molecule has 4 heteroatoms. The summed E-state index contributed by atoms with van der Waals surface area (Å²) in [7, 11) is 0. The van der Waals surface area contributed by atoms with Gasteiger partial charge in [-0.1, -0.05) is 6.92 Å². The highest BCUT2D eigenvalue weighted by atomic mass is 15.3. The van der Waals surface area contributed by atoms with Crippen LogP contribution in [-0.4, -0.2) is 53.5 Å². The minimum atomic E-state index is 0.139. The second-order valence-corrected chi connectivity index (χ2v) is 5.05. The molecule has 0 aliphatic carbocycles. The van der Waals surface area contributed by atoms with Crippen LogP contribution in [0.1, 0.15) is 25.5 Å². The van der Waals surface area contributed by atoms with Crippen LogP contribution in [0.4, 0.5) is 0 Å². The molecular formula is C14H24N4. The molecular weight excluding hydrogens is 224 g/mol. The summed E-state index contributed by atoms with van der Waals surface area (Å²) in [6, 6.07) is 4.62. The quantitative estimate of drug-likeness (QED) is 0.867. The van der Waals surface area contributed by atoms with E-state index in [0.717, 1.165) is 32.7 Å². The number of hydrogen-bond donors (Lipinski definition) is 1. The molecule has 2 rings (SSSR count). The predicted molar refractivity (Wildman–Crippen MR) is 74.3 cm³/mol. The number of nitrogens with zero attached hydrogens (tertiary/aromatic N) is 3. The van der Waals surface area contributed by atoms with Gasteiger partial charge in [-0.05, 0) is 31.2 Å². The lowest BCUT2D eigenvalue weighted by molar-refractivity contribution is 0.0898. The third kappa shape index (κ3) is 3.07. The van der Waals surface area contributed by atoms with Crippen LogP contribution in [-0.2, 0) is 0 Å². The fourth-order valence-electron chi connectivity index (χ4n) is 2.77. The van der Waals surface area contributed by atoms with E-state index < -0.39 is 0 Å². The number of likely N-dealkylation sites (N-methyl/N-ethyl adjacent to an activating group) is 1. The van der Waals surface area contributed by atoms with Crippen LogP contribution in [0.25, 0.3) is 0 Å². The zero-order valence-electron chi connectivity index (χ0n) is 11.4. The topological polar surface area (TPSA) is 45.4 Å². The van der Waals surface area contributed by atoms with Crippen LogP contribution in [0.3, 0.4) is 0 Å². The Bertz CT molecular complexity index is 344. The normalized spacial score (nSPS) is 21.7. The van der Waals surface area contributed by atoms with Crippen molar-refractivity contribution in [3.63, 3.8) is 0 Å². The number of pyridine rings is 1. The Morgan fingerprint density at radius 3 is 2.33 bits per heavy atom. The fraction of sp³-hybridized carbons (Fsp3) is 0.643. The summed E-state index contributed by atoms with van der Waals surface area (Å²) < 4.78 is 0. The van der Waals surface area contributed by atoms with Gasteiger partial charge in [-0.15, -0.1) is 0 Å². The first kappa shape index (κ1) is 13.5. The monoisotopic (exact) mass is 248 g/mol. The number of hydrogen-bond acceptors (Lipinski definition) is 4. The summed E-state index contributed by atoms with van der Waals surface area (Å²) in [5.41, 5.74) is 7.47. The Labute approximate surface area is 110 Å². The van der Waals surface area contributed by atoms with Gasteiger partial charge in [0, 0.05) is 50.7 Å². The molecule has 0 amide bonds. The fourth-order valence-corrected chi connectivity index (χ4v) is 2.77. The van der Waals surface area contributed by atoms with Crippen molar-refractivity contribution in [3.8, 4) is 0 Å². The van der Waals surface area contributed by atoms with Gasteiger partial charge in [0.15, 0.2) is 0 Å². The Balaban J connectivity index is 2.08. The van der Waals surface area contributed by atoms with Crippen molar-refractivity contribution in [1.29, 1.82) is 0 Å². The van der Waals surface area contributed by atoms with E-state index in [0.29, 0.717) is 6.04 Å². The molecule has 1 aliphatic rings. The largest absolute Gasteiger partial charge is 0.326 e. The van der Waals surface area contributed by atoms with E-state index in [-0.39, 0.29) is 6.04 Å². The third-order valence-corrected chi connectivity index (χ3v) is 3.79. The van der Waals surface area contributed by atoms with Gasteiger partial charge in [-0.2, -0.15) is 0 Å². The van der Waals surface area contributed by atoms with Crippen LogP contribution < -0.4 is 5.73 Å². The minimum Gasteiger partial charge on any atom is -0.326 e. The summed E-state index contributed by atoms with van der Waals surface area (Å²) in [6.07, 6.45) is 3.71. The molecule has 100 valence electrons. The molecule has 1 saturated heterocycles. The standard InChI is InChI=1S/C14H24N4/c1-3-17-8-10-18(11-9-17)14(12(2)15)13-4-6-16-7-5-13/h4-7,12,14H,3,8-11,15H2,1-2H3. The molecule has 0 spiro atoms. The van der Waals surface area contributed by atoms with Gasteiger partial charge in [0.05, 0.1) is 0 Å². The maximum Gasteiger partial charge on any atom is 0.0498 e. The smallest absolute Gasteiger partial charge is 0.0498 e. The predicted octanol–water partition coefficient (Wildman–Crippen LogP) is 1.11. The van der Waals surface area contributed by atoms with E-state index in [2.05, 4.69) is 40.8 Å². The number of rotatable bonds is 4. The van der Waals surface area contributed by atoms with Crippen LogP contribution in [0.15, 0.2) is 24.5 Å². The summed E-state index contributed by atoms with van der Waals surface area (Å²) >= 11 is 0. The van der Waals surface area contributed by atoms with Crippen molar-refractivity contribution in [2.75, 3.05) is 32.7 Å². The van der Waals surface area contributed by atoms with Gasteiger partial charge < -0.3 is 10.6 Å². The Morgan fingerprint density at radius 1 is 1.22 bits per heavy atom. The molecule has 1 aliphatic heterocycles. The number of aromatic nitrogens is 1. The zero-order valence-corrected chi connectivity index (χ0v) is 11.4. The highest BCUT2D eigenvalue weighted by molar-refractivity contribution is 5.17. The molecule has 0 aromatic carbocycles. The van der Waals surface area contributed by atoms with Crippen molar-refractivity contribution in [2.24, 2.45) is 5.73 Å². The molecule has 2 unspecified atom stereocenters. The van der Waals surface area contributed by atoms with E-state index in [1.165, 1.54) is 5.56 Å². The second kappa shape index (κ2) is 6.27. The zero-order chi connectivity index (χ0) is 13.0. The lowest BCUT2D eigenvalue weighted by Crippen LogP contribution is -2.50. The SMILES string of the molecule is CCN1CCN(C(c2ccncc2)C(C)N)CC1. The lowest BCUT2D eigenvalue weighted by atomic mass is 9.99. The summed E-state index contributed by atoms with van der Waals surface area (Å²) in [6.45, 7) is 9.95. The molecule has 18 heavy (non-hydrogen) atoms. The van der Waals surface area contributed by atoms with E-state index in [1.807, 2.05) is 12.4 Å². The Hall–Kier alpha value is -0.970. The van der Waals surface area contributed by atoms with Crippen LogP contribution >= 0.6 is 0 Å². The molecule has 0 saturated carbocycles. The highest BCUT2D eigenvalue weighted by Crippen LogP contribution is 2.24. The Morgan fingerprint density at radius 2 is 1.83 bits per heavy atom. The molecule has 0 radical (unpaired) electrons. The Kier molecular flexibility index (Phi) is 4.69. The van der Waals surface area contributed by atoms with E-state index in [1.54, 1.807) is 0 Å². The van der Waals surface area contributed by atoms with Crippen molar-refractivity contribution in [3.05, 3.63) is 30.1 Å². The number of piperazine rings is 1. The lowest BCUT2D eigenvalue weighted by Gasteiger charge is -2.40. The van der Waals surface area contributed by atoms with Crippen molar-refractivity contribution in [1.82, 2.24) is 14.8 Å². The van der Waals surface area contributed by atoms with Crippen LogP contribution in [0, 0.1) is 0 Å². The van der Waals surface area contributed by atoms with Crippen LogP contribution in [0.5, 0.6) is 0 Å². The number of nitrogens with two attached hydrogens (primary N) is 1. The summed E-state index contributed by atoms with van der Waals surface area (Å²) in [5, 5.41) is 0. The summed E-state index contributed by atoms with van der Waals surface area (Å²) in [4.78, 5) is 9.08. The highest BCUT2D eigenvalue weighted by Gasteiger charge is 2.26. The maximum absolute atomic E-state index is 6.19. The molecule has 1 aromatic rings. The van der Waals surface area contributed by atoms with E-state index in [9.17, 15) is 0 Å². The average Bonchev–Trinajstić information content (AvgIpc) is 2.40.